The molecule has 2 heterocycles. The number of methoxy groups -OCH3 is 1. The number of phenolic OH excluding ortho intramolecular Hbond substituents is 1. The van der Waals surface area contributed by atoms with Crippen molar-refractivity contribution in [3.05, 3.63) is 47.7 Å². The fourth-order valence-electron chi connectivity index (χ4n) is 4.40. The van der Waals surface area contributed by atoms with Gasteiger partial charge in [0, 0.05) is 5.92 Å². The van der Waals surface area contributed by atoms with Crippen LogP contribution >= 0.6 is 0 Å². The Kier molecular flexibility index (Phi) is 7.62. The lowest BCUT2D eigenvalue weighted by Gasteiger charge is -2.42. The van der Waals surface area contributed by atoms with E-state index in [1.54, 1.807) is 6.08 Å². The summed E-state index contributed by atoms with van der Waals surface area (Å²) >= 11 is 0. The van der Waals surface area contributed by atoms with Gasteiger partial charge in [-0.2, -0.15) is 0 Å². The van der Waals surface area contributed by atoms with Gasteiger partial charge >= 0.3 is 5.97 Å². The normalized spacial score (nSPS) is 36.2. The summed E-state index contributed by atoms with van der Waals surface area (Å²) in [6.45, 7) is -0.837. The fourth-order valence-corrected chi connectivity index (χ4v) is 4.40. The van der Waals surface area contributed by atoms with Crippen molar-refractivity contribution in [3.63, 3.8) is 0 Å². The highest BCUT2D eigenvalue weighted by Crippen LogP contribution is 2.41. The molecule has 0 aromatic heterocycles. The van der Waals surface area contributed by atoms with Crippen LogP contribution in [0.15, 0.2) is 42.2 Å². The molecule has 3 aliphatic rings. The van der Waals surface area contributed by atoms with Crippen LogP contribution in [0, 0.1) is 11.8 Å². The summed E-state index contributed by atoms with van der Waals surface area (Å²) in [5.41, 5.74) is 0.629. The molecular weight excluding hydrogens is 468 g/mol. The van der Waals surface area contributed by atoms with Crippen LogP contribution in [0.3, 0.4) is 0 Å². The number of hydrogen-bond donors (Lipinski definition) is 6. The molecule has 192 valence electrons. The average molecular weight is 496 g/mol. The van der Waals surface area contributed by atoms with Gasteiger partial charge in [-0.15, -0.1) is 0 Å². The van der Waals surface area contributed by atoms with Crippen LogP contribution in [0.5, 0.6) is 11.5 Å². The second-order valence-corrected chi connectivity index (χ2v) is 8.46. The highest BCUT2D eigenvalue weighted by Gasteiger charge is 2.49. The molecule has 1 fully saturated rings. The van der Waals surface area contributed by atoms with Gasteiger partial charge in [-0.1, -0.05) is 6.08 Å². The summed E-state index contributed by atoms with van der Waals surface area (Å²) in [4.78, 5) is 12.5. The van der Waals surface area contributed by atoms with Gasteiger partial charge < -0.3 is 54.3 Å². The van der Waals surface area contributed by atoms with Gasteiger partial charge in [-0.3, -0.25) is 0 Å². The molecule has 2 aliphatic heterocycles. The van der Waals surface area contributed by atoms with Gasteiger partial charge in [0.1, 0.15) is 31.0 Å². The van der Waals surface area contributed by atoms with Crippen molar-refractivity contribution in [2.24, 2.45) is 11.8 Å². The number of carbonyl (C=O) groups is 1. The van der Waals surface area contributed by atoms with Crippen molar-refractivity contribution in [1.29, 1.82) is 0 Å². The zero-order valence-electron chi connectivity index (χ0n) is 18.7. The van der Waals surface area contributed by atoms with Crippen LogP contribution < -0.4 is 4.74 Å². The predicted octanol–water partition coefficient (Wildman–Crippen LogP) is -1.22. The Balaban J connectivity index is 1.46. The van der Waals surface area contributed by atoms with E-state index in [4.69, 9.17) is 23.7 Å². The van der Waals surface area contributed by atoms with E-state index in [1.165, 1.54) is 37.6 Å². The summed E-state index contributed by atoms with van der Waals surface area (Å²) in [7, 11) is 1.35. The smallest absolute Gasteiger partial charge is 0.338 e. The van der Waals surface area contributed by atoms with Crippen molar-refractivity contribution < 1.29 is 59.1 Å². The van der Waals surface area contributed by atoms with E-state index < -0.39 is 67.5 Å². The molecule has 0 radical (unpaired) electrons. The van der Waals surface area contributed by atoms with Crippen LogP contribution in [0.2, 0.25) is 0 Å². The molecule has 9 unspecified atom stereocenters. The number of hydrogen-bond acceptors (Lipinski definition) is 12. The monoisotopic (exact) mass is 496 g/mol. The van der Waals surface area contributed by atoms with E-state index in [9.17, 15) is 35.4 Å². The molecular formula is C23H28O12. The Morgan fingerprint density at radius 3 is 2.57 bits per heavy atom. The summed E-state index contributed by atoms with van der Waals surface area (Å²) in [6, 6.07) is 4.00. The first-order chi connectivity index (χ1) is 16.7. The maximum atomic E-state index is 12.5. The van der Waals surface area contributed by atoms with Crippen molar-refractivity contribution >= 4 is 5.97 Å². The van der Waals surface area contributed by atoms with Crippen molar-refractivity contribution in [1.82, 2.24) is 0 Å². The molecule has 4 rings (SSSR count). The van der Waals surface area contributed by atoms with Crippen LogP contribution in [0.4, 0.5) is 0 Å². The third-order valence-corrected chi connectivity index (χ3v) is 6.33. The first-order valence-corrected chi connectivity index (χ1v) is 11.0. The predicted molar refractivity (Wildman–Crippen MR) is 115 cm³/mol. The Bertz CT molecular complexity index is 975. The highest BCUT2D eigenvalue weighted by molar-refractivity contribution is 5.90. The zero-order valence-corrected chi connectivity index (χ0v) is 18.7. The van der Waals surface area contributed by atoms with E-state index in [0.717, 1.165) is 0 Å². The second-order valence-electron chi connectivity index (χ2n) is 8.46. The van der Waals surface area contributed by atoms with Crippen LogP contribution in [0.25, 0.3) is 0 Å². The number of aliphatic hydroxyl groups is 5. The molecule has 9 atom stereocenters. The number of benzene rings is 1. The third-order valence-electron chi connectivity index (χ3n) is 6.33. The Morgan fingerprint density at radius 1 is 1.09 bits per heavy atom. The SMILES string of the molecule is COc1cc(C(=O)OCC2=CC(O)C3C=COC(OC4OC(CO)C(O)C(O)C4O)C23)ccc1O. The lowest BCUT2D eigenvalue weighted by Crippen LogP contribution is -2.60. The minimum atomic E-state index is -1.64. The van der Waals surface area contributed by atoms with Crippen molar-refractivity contribution in [3.8, 4) is 11.5 Å². The highest BCUT2D eigenvalue weighted by atomic mass is 16.8. The molecule has 1 aromatic rings. The first kappa shape index (κ1) is 25.4. The van der Waals surface area contributed by atoms with E-state index >= 15 is 0 Å². The summed E-state index contributed by atoms with van der Waals surface area (Å²) in [6.07, 6.45) is -5.00. The molecule has 1 saturated heterocycles. The van der Waals surface area contributed by atoms with E-state index in [0.29, 0.717) is 5.57 Å². The maximum Gasteiger partial charge on any atom is 0.338 e. The largest absolute Gasteiger partial charge is 0.504 e. The van der Waals surface area contributed by atoms with Gasteiger partial charge in [0.2, 0.25) is 6.29 Å². The van der Waals surface area contributed by atoms with E-state index in [1.807, 2.05) is 0 Å². The molecule has 0 saturated carbocycles. The number of phenols is 1. The average Bonchev–Trinajstić information content (AvgIpc) is 3.19. The van der Waals surface area contributed by atoms with E-state index in [2.05, 4.69) is 0 Å². The number of aliphatic hydroxyl groups excluding tert-OH is 5. The molecule has 6 N–H and O–H groups in total. The second kappa shape index (κ2) is 10.5. The molecule has 0 amide bonds. The maximum absolute atomic E-state index is 12.5. The number of rotatable bonds is 7. The number of carbonyl (C=O) groups excluding carboxylic acids is 1. The first-order valence-electron chi connectivity index (χ1n) is 11.0. The number of ether oxygens (including phenoxy) is 5. The summed E-state index contributed by atoms with van der Waals surface area (Å²) in [5.74, 6) is -1.84. The van der Waals surface area contributed by atoms with Crippen molar-refractivity contribution in [2.45, 2.75) is 43.1 Å². The van der Waals surface area contributed by atoms with Gasteiger partial charge in [-0.25, -0.2) is 4.79 Å². The van der Waals surface area contributed by atoms with Crippen LogP contribution in [-0.2, 0) is 18.9 Å². The lowest BCUT2D eigenvalue weighted by molar-refractivity contribution is -0.339. The molecule has 1 aromatic carbocycles. The number of aromatic hydroxyl groups is 1. The fraction of sp³-hybridized carbons (Fsp3) is 0.522. The van der Waals surface area contributed by atoms with Crippen LogP contribution in [-0.4, -0.2) is 100 Å². The molecule has 1 aliphatic carbocycles. The van der Waals surface area contributed by atoms with Crippen molar-refractivity contribution in [2.75, 3.05) is 20.3 Å². The minimum absolute atomic E-state index is 0.105. The van der Waals surface area contributed by atoms with Crippen LogP contribution in [0.1, 0.15) is 10.4 Å². The Morgan fingerprint density at radius 2 is 1.86 bits per heavy atom. The number of fused-ring (bicyclic) bond motifs is 1. The third kappa shape index (κ3) is 5.00. The Hall–Kier alpha value is -2.71. The van der Waals surface area contributed by atoms with Gasteiger partial charge in [0.05, 0.1) is 37.6 Å². The molecule has 0 spiro atoms. The summed E-state index contributed by atoms with van der Waals surface area (Å²) in [5, 5.41) is 59.9. The topological polar surface area (TPSA) is 185 Å². The molecule has 12 nitrogen and oxygen atoms in total. The Labute approximate surface area is 200 Å². The lowest BCUT2D eigenvalue weighted by atomic mass is 9.88. The molecule has 0 bridgehead atoms. The quantitative estimate of drug-likeness (QED) is 0.196. The van der Waals surface area contributed by atoms with E-state index in [-0.39, 0.29) is 23.7 Å². The zero-order chi connectivity index (χ0) is 25.3. The standard InChI is InChI=1S/C23H28O12/c1-31-15-7-10(2-3-13(15)25)21(30)33-9-11-6-14(26)12-4-5-32-22(17(11)12)35-23-20(29)19(28)18(27)16(8-24)34-23/h2-7,12,14,16-20,22-29H,8-9H2,1H3. The summed E-state index contributed by atoms with van der Waals surface area (Å²) < 4.78 is 27.1. The minimum Gasteiger partial charge on any atom is -0.504 e. The molecule has 35 heavy (non-hydrogen) atoms. The molecule has 12 heteroatoms. The van der Waals surface area contributed by atoms with Gasteiger partial charge in [-0.05, 0) is 29.8 Å². The van der Waals surface area contributed by atoms with Gasteiger partial charge in [0.25, 0.3) is 0 Å². The number of esters is 1. The van der Waals surface area contributed by atoms with Gasteiger partial charge in [0.15, 0.2) is 17.8 Å².